The second kappa shape index (κ2) is 7.00. The van der Waals surface area contributed by atoms with Crippen LogP contribution in [0, 0.1) is 0 Å². The van der Waals surface area contributed by atoms with Gasteiger partial charge in [0.05, 0.1) is 5.02 Å². The van der Waals surface area contributed by atoms with Crippen molar-refractivity contribution in [2.75, 3.05) is 13.2 Å². The number of likely N-dealkylation sites (tertiary alicyclic amines) is 1. The number of nitrogens with two attached hydrogens (primary N) is 1. The number of benzene rings is 1. The summed E-state index contributed by atoms with van der Waals surface area (Å²) in [6.45, 7) is 0.308. The molecule has 1 fully saturated rings. The molecule has 2 N–H and O–H groups in total. The molecule has 1 saturated heterocycles. The zero-order chi connectivity index (χ0) is 15.4. The van der Waals surface area contributed by atoms with Crippen molar-refractivity contribution in [1.29, 1.82) is 0 Å². The highest BCUT2D eigenvalue weighted by Crippen LogP contribution is 2.28. The molecule has 21 heavy (non-hydrogen) atoms. The molecule has 2 rings (SSSR count). The first-order valence-electron chi connectivity index (χ1n) is 6.65. The van der Waals surface area contributed by atoms with Gasteiger partial charge in [-0.3, -0.25) is 9.59 Å². The lowest BCUT2D eigenvalue weighted by molar-refractivity contribution is -0.142. The van der Waals surface area contributed by atoms with E-state index in [4.69, 9.17) is 33.7 Å². The molecule has 1 heterocycles. The molecule has 0 aromatic heterocycles. The lowest BCUT2D eigenvalue weighted by atomic mass is 10.0. The van der Waals surface area contributed by atoms with Crippen LogP contribution in [0.4, 0.5) is 0 Å². The molecule has 1 aliphatic rings. The Hall–Kier alpha value is -1.46. The third kappa shape index (κ3) is 4.02. The maximum atomic E-state index is 12.2. The summed E-state index contributed by atoms with van der Waals surface area (Å²) in [5, 5.41) is 0.840. The van der Waals surface area contributed by atoms with Crippen LogP contribution in [0.15, 0.2) is 18.2 Å². The Balaban J connectivity index is 2.00. The third-order valence-electron chi connectivity index (χ3n) is 3.40. The van der Waals surface area contributed by atoms with Crippen molar-refractivity contribution in [3.8, 4) is 5.75 Å². The van der Waals surface area contributed by atoms with Gasteiger partial charge < -0.3 is 15.4 Å². The third-order valence-corrected chi connectivity index (χ3v) is 3.94. The Labute approximate surface area is 132 Å². The van der Waals surface area contributed by atoms with Gasteiger partial charge in [0, 0.05) is 17.6 Å². The maximum absolute atomic E-state index is 12.2. The van der Waals surface area contributed by atoms with Crippen LogP contribution in [-0.2, 0) is 9.59 Å². The van der Waals surface area contributed by atoms with Crippen LogP contribution >= 0.6 is 23.2 Å². The van der Waals surface area contributed by atoms with Crippen molar-refractivity contribution in [1.82, 2.24) is 4.90 Å². The van der Waals surface area contributed by atoms with Gasteiger partial charge in [-0.15, -0.1) is 0 Å². The topological polar surface area (TPSA) is 72.6 Å². The van der Waals surface area contributed by atoms with Gasteiger partial charge in [0.1, 0.15) is 11.8 Å². The first-order chi connectivity index (χ1) is 9.99. The molecule has 1 atom stereocenters. The largest absolute Gasteiger partial charge is 0.482 e. The number of carbonyl (C=O) groups excluding carboxylic acids is 2. The normalized spacial score (nSPS) is 18.4. The molecule has 1 aromatic rings. The van der Waals surface area contributed by atoms with Crippen LogP contribution < -0.4 is 10.5 Å². The van der Waals surface area contributed by atoms with Gasteiger partial charge in [0.25, 0.3) is 5.91 Å². The van der Waals surface area contributed by atoms with Crippen molar-refractivity contribution < 1.29 is 14.3 Å². The maximum Gasteiger partial charge on any atom is 0.261 e. The van der Waals surface area contributed by atoms with E-state index < -0.39 is 11.9 Å². The number of carbonyl (C=O) groups is 2. The molecule has 2 amide bonds. The molecule has 1 aliphatic heterocycles. The first-order valence-corrected chi connectivity index (χ1v) is 7.41. The quantitative estimate of drug-likeness (QED) is 0.920. The van der Waals surface area contributed by atoms with E-state index in [1.54, 1.807) is 18.2 Å². The number of hydrogen-bond acceptors (Lipinski definition) is 3. The van der Waals surface area contributed by atoms with Gasteiger partial charge in [0.2, 0.25) is 5.91 Å². The average molecular weight is 331 g/mol. The molecular formula is C14H16Cl2N2O3. The number of ether oxygens (including phenoxy) is 1. The van der Waals surface area contributed by atoms with Crippen molar-refractivity contribution in [2.24, 2.45) is 5.73 Å². The zero-order valence-corrected chi connectivity index (χ0v) is 12.9. The summed E-state index contributed by atoms with van der Waals surface area (Å²) in [5.74, 6) is -0.427. The number of hydrogen-bond donors (Lipinski definition) is 1. The minimum atomic E-state index is -0.551. The molecule has 0 aliphatic carbocycles. The lowest BCUT2D eigenvalue weighted by Gasteiger charge is -2.33. The molecule has 5 nitrogen and oxygen atoms in total. The van der Waals surface area contributed by atoms with E-state index in [0.29, 0.717) is 28.8 Å². The van der Waals surface area contributed by atoms with Crippen LogP contribution in [0.2, 0.25) is 10.0 Å². The Morgan fingerprint density at radius 2 is 2.10 bits per heavy atom. The van der Waals surface area contributed by atoms with E-state index in [1.807, 2.05) is 0 Å². The predicted molar refractivity (Wildman–Crippen MR) is 80.5 cm³/mol. The van der Waals surface area contributed by atoms with E-state index in [9.17, 15) is 9.59 Å². The smallest absolute Gasteiger partial charge is 0.261 e. The van der Waals surface area contributed by atoms with E-state index >= 15 is 0 Å². The van der Waals surface area contributed by atoms with Gasteiger partial charge in [-0.05, 0) is 31.4 Å². The molecule has 1 aromatic carbocycles. The minimum Gasteiger partial charge on any atom is -0.482 e. The van der Waals surface area contributed by atoms with Crippen LogP contribution in [0.5, 0.6) is 5.75 Å². The molecule has 114 valence electrons. The van der Waals surface area contributed by atoms with E-state index in [-0.39, 0.29) is 12.5 Å². The number of rotatable bonds is 4. The summed E-state index contributed by atoms with van der Waals surface area (Å²) < 4.78 is 5.40. The molecule has 0 radical (unpaired) electrons. The fourth-order valence-electron chi connectivity index (χ4n) is 2.34. The number of piperidine rings is 1. The highest BCUT2D eigenvalue weighted by Gasteiger charge is 2.30. The highest BCUT2D eigenvalue weighted by molar-refractivity contribution is 6.34. The highest BCUT2D eigenvalue weighted by atomic mass is 35.5. The lowest BCUT2D eigenvalue weighted by Crippen LogP contribution is -2.51. The summed E-state index contributed by atoms with van der Waals surface area (Å²) >= 11 is 11.8. The average Bonchev–Trinajstić information content (AvgIpc) is 2.47. The summed E-state index contributed by atoms with van der Waals surface area (Å²) in [6, 6.07) is 4.21. The van der Waals surface area contributed by atoms with Gasteiger partial charge >= 0.3 is 0 Å². The van der Waals surface area contributed by atoms with Crippen molar-refractivity contribution in [3.05, 3.63) is 28.2 Å². The fourth-order valence-corrected chi connectivity index (χ4v) is 2.67. The standard InChI is InChI=1S/C14H16Cl2N2O3/c15-9-4-5-10(16)12(7-9)21-8-13(19)18-6-2-1-3-11(18)14(17)20/h4-5,7,11H,1-3,6,8H2,(H2,17,20)/t11-/m1/s1. The molecule has 0 bridgehead atoms. The monoisotopic (exact) mass is 330 g/mol. The Morgan fingerprint density at radius 1 is 1.33 bits per heavy atom. The van der Waals surface area contributed by atoms with Crippen LogP contribution in [0.1, 0.15) is 19.3 Å². The number of amides is 2. The van der Waals surface area contributed by atoms with E-state index in [0.717, 1.165) is 12.8 Å². The van der Waals surface area contributed by atoms with Crippen LogP contribution in [-0.4, -0.2) is 35.9 Å². The molecule has 0 saturated carbocycles. The van der Waals surface area contributed by atoms with Crippen molar-refractivity contribution in [3.63, 3.8) is 0 Å². The summed E-state index contributed by atoms with van der Waals surface area (Å²) in [5.41, 5.74) is 5.33. The predicted octanol–water partition coefficient (Wildman–Crippen LogP) is 2.24. The zero-order valence-electron chi connectivity index (χ0n) is 11.4. The van der Waals surface area contributed by atoms with Gasteiger partial charge in [0.15, 0.2) is 6.61 Å². The summed E-state index contributed by atoms with van der Waals surface area (Å²) in [4.78, 5) is 25.1. The second-order valence-electron chi connectivity index (χ2n) is 4.86. The minimum absolute atomic E-state index is 0.205. The molecular weight excluding hydrogens is 315 g/mol. The van der Waals surface area contributed by atoms with Gasteiger partial charge in [-0.2, -0.15) is 0 Å². The molecule has 0 spiro atoms. The van der Waals surface area contributed by atoms with Crippen molar-refractivity contribution >= 4 is 35.0 Å². The Kier molecular flexibility index (Phi) is 5.31. The first kappa shape index (κ1) is 15.9. The Morgan fingerprint density at radius 3 is 2.81 bits per heavy atom. The number of halogens is 2. The van der Waals surface area contributed by atoms with Crippen LogP contribution in [0.3, 0.4) is 0 Å². The molecule has 7 heteroatoms. The molecule has 0 unspecified atom stereocenters. The SMILES string of the molecule is NC(=O)[C@H]1CCCCN1C(=O)COc1cc(Cl)ccc1Cl. The number of primary amides is 1. The van der Waals surface area contributed by atoms with Crippen LogP contribution in [0.25, 0.3) is 0 Å². The van der Waals surface area contributed by atoms with Gasteiger partial charge in [-0.1, -0.05) is 23.2 Å². The van der Waals surface area contributed by atoms with Gasteiger partial charge in [-0.25, -0.2) is 0 Å². The second-order valence-corrected chi connectivity index (χ2v) is 5.71. The number of nitrogens with zero attached hydrogens (tertiary/aromatic N) is 1. The Bertz CT molecular complexity index is 551. The summed E-state index contributed by atoms with van der Waals surface area (Å²) in [7, 11) is 0. The summed E-state index contributed by atoms with van der Waals surface area (Å²) in [6.07, 6.45) is 2.34. The van der Waals surface area contributed by atoms with Crippen molar-refractivity contribution in [2.45, 2.75) is 25.3 Å². The fraction of sp³-hybridized carbons (Fsp3) is 0.429. The van der Waals surface area contributed by atoms with E-state index in [1.165, 1.54) is 4.90 Å². The van der Waals surface area contributed by atoms with E-state index in [2.05, 4.69) is 0 Å².